The lowest BCUT2D eigenvalue weighted by atomic mass is 10.1. The molecule has 1 amide bonds. The van der Waals surface area contributed by atoms with Crippen LogP contribution in [0.2, 0.25) is 5.02 Å². The van der Waals surface area contributed by atoms with Crippen LogP contribution >= 0.6 is 23.4 Å². The standard InChI is InChI=1S/C29H34ClN5O2S/c1-20-21(2)32-29(33-27(20)35-14-12-34(13-15-35)26-11-4-3-10-25(26)30)38-19-22-7-5-8-23(17-22)28(36)31-18-24-9-6-16-37-24/h3-5,7-8,10-11,17,24H,6,9,12-16,18-19H2,1-2H3,(H,31,36)/t24-/m1/s1. The Kier molecular flexibility index (Phi) is 8.72. The first-order valence-corrected chi connectivity index (χ1v) is 14.6. The highest BCUT2D eigenvalue weighted by atomic mass is 35.5. The average molecular weight is 552 g/mol. The van der Waals surface area contributed by atoms with Gasteiger partial charge in [-0.15, -0.1) is 0 Å². The van der Waals surface area contributed by atoms with E-state index < -0.39 is 0 Å². The lowest BCUT2D eigenvalue weighted by molar-refractivity contribution is 0.0857. The number of thioether (sulfide) groups is 1. The van der Waals surface area contributed by atoms with Crippen LogP contribution in [0.1, 0.15) is 40.0 Å². The maximum atomic E-state index is 12.6. The van der Waals surface area contributed by atoms with Gasteiger partial charge in [0.05, 0.1) is 16.8 Å². The Morgan fingerprint density at radius 1 is 1.08 bits per heavy atom. The van der Waals surface area contributed by atoms with E-state index in [4.69, 9.17) is 26.3 Å². The number of aryl methyl sites for hydroxylation is 1. The van der Waals surface area contributed by atoms with Crippen molar-refractivity contribution in [1.82, 2.24) is 15.3 Å². The SMILES string of the molecule is Cc1nc(SCc2cccc(C(=O)NC[C@H]3CCCO3)c2)nc(N2CCN(c3ccccc3Cl)CC2)c1C. The molecule has 1 N–H and O–H groups in total. The molecule has 9 heteroatoms. The summed E-state index contributed by atoms with van der Waals surface area (Å²) in [5.74, 6) is 1.63. The molecular formula is C29H34ClN5O2S. The van der Waals surface area contributed by atoms with Crippen LogP contribution in [0, 0.1) is 13.8 Å². The number of para-hydroxylation sites is 1. The van der Waals surface area contributed by atoms with Crippen LogP contribution in [0.3, 0.4) is 0 Å². The first kappa shape index (κ1) is 26.8. The number of ether oxygens (including phenoxy) is 1. The summed E-state index contributed by atoms with van der Waals surface area (Å²) in [5, 5.41) is 4.55. The molecule has 200 valence electrons. The van der Waals surface area contributed by atoms with Crippen molar-refractivity contribution in [2.24, 2.45) is 0 Å². The maximum Gasteiger partial charge on any atom is 0.251 e. The molecule has 0 bridgehead atoms. The number of nitrogens with zero attached hydrogens (tertiary/aromatic N) is 4. The first-order chi connectivity index (χ1) is 18.5. The second-order valence-corrected chi connectivity index (χ2v) is 11.1. The summed E-state index contributed by atoms with van der Waals surface area (Å²) < 4.78 is 5.61. The van der Waals surface area contributed by atoms with Crippen LogP contribution in [0.4, 0.5) is 11.5 Å². The number of carbonyl (C=O) groups is 1. The number of nitrogens with one attached hydrogen (secondary N) is 1. The van der Waals surface area contributed by atoms with Crippen molar-refractivity contribution in [2.45, 2.75) is 43.7 Å². The molecule has 3 heterocycles. The molecule has 0 unspecified atom stereocenters. The van der Waals surface area contributed by atoms with Crippen molar-refractivity contribution in [3.05, 3.63) is 75.9 Å². The number of halogens is 1. The number of aromatic nitrogens is 2. The maximum absolute atomic E-state index is 12.6. The summed E-state index contributed by atoms with van der Waals surface area (Å²) in [6, 6.07) is 15.8. The van der Waals surface area contributed by atoms with Gasteiger partial charge in [-0.2, -0.15) is 0 Å². The van der Waals surface area contributed by atoms with E-state index in [1.165, 1.54) is 0 Å². The molecule has 0 radical (unpaired) electrons. The molecule has 0 aliphatic carbocycles. The molecule has 7 nitrogen and oxygen atoms in total. The molecule has 5 rings (SSSR count). The third-order valence-electron chi connectivity index (χ3n) is 7.19. The van der Waals surface area contributed by atoms with Crippen molar-refractivity contribution in [3.8, 4) is 0 Å². The Labute approximate surface area is 233 Å². The van der Waals surface area contributed by atoms with E-state index in [1.807, 2.05) is 49.4 Å². The number of anilines is 2. The lowest BCUT2D eigenvalue weighted by Crippen LogP contribution is -2.47. The van der Waals surface area contributed by atoms with Crippen LogP contribution in [-0.4, -0.2) is 61.3 Å². The fraction of sp³-hybridized carbons (Fsp3) is 0.414. The molecule has 38 heavy (non-hydrogen) atoms. The number of piperazine rings is 1. The van der Waals surface area contributed by atoms with Crippen LogP contribution in [0.5, 0.6) is 0 Å². The topological polar surface area (TPSA) is 70.6 Å². The normalized spacial score (nSPS) is 17.6. The van der Waals surface area contributed by atoms with Gasteiger partial charge < -0.3 is 19.9 Å². The van der Waals surface area contributed by atoms with Crippen molar-refractivity contribution < 1.29 is 9.53 Å². The van der Waals surface area contributed by atoms with E-state index in [1.54, 1.807) is 11.8 Å². The summed E-state index contributed by atoms with van der Waals surface area (Å²) in [6.45, 7) is 9.00. The number of hydrogen-bond acceptors (Lipinski definition) is 7. The Morgan fingerprint density at radius 2 is 1.87 bits per heavy atom. The second-order valence-electron chi connectivity index (χ2n) is 9.80. The molecule has 1 aromatic heterocycles. The molecule has 2 aliphatic rings. The van der Waals surface area contributed by atoms with E-state index >= 15 is 0 Å². The molecular weight excluding hydrogens is 518 g/mol. The van der Waals surface area contributed by atoms with Crippen LogP contribution in [0.25, 0.3) is 0 Å². The number of hydrogen-bond donors (Lipinski definition) is 1. The highest BCUT2D eigenvalue weighted by Gasteiger charge is 2.23. The van der Waals surface area contributed by atoms with E-state index in [0.29, 0.717) is 17.9 Å². The average Bonchev–Trinajstić information content (AvgIpc) is 3.47. The number of amides is 1. The van der Waals surface area contributed by atoms with Crippen molar-refractivity contribution >= 4 is 40.8 Å². The van der Waals surface area contributed by atoms with E-state index in [2.05, 4.69) is 28.1 Å². The highest BCUT2D eigenvalue weighted by Crippen LogP contribution is 2.30. The Morgan fingerprint density at radius 3 is 2.63 bits per heavy atom. The van der Waals surface area contributed by atoms with Crippen molar-refractivity contribution in [3.63, 3.8) is 0 Å². The van der Waals surface area contributed by atoms with Gasteiger partial charge in [0.25, 0.3) is 5.91 Å². The molecule has 3 aromatic rings. The van der Waals surface area contributed by atoms with Gasteiger partial charge in [0.1, 0.15) is 5.82 Å². The Balaban J connectivity index is 1.21. The van der Waals surface area contributed by atoms with Gasteiger partial charge in [-0.25, -0.2) is 9.97 Å². The smallest absolute Gasteiger partial charge is 0.251 e. The summed E-state index contributed by atoms with van der Waals surface area (Å²) in [5.41, 5.74) is 4.93. The third-order valence-corrected chi connectivity index (χ3v) is 8.42. The molecule has 2 aliphatic heterocycles. The number of carbonyl (C=O) groups excluding carboxylic acids is 1. The van der Waals surface area contributed by atoms with Gasteiger partial charge in [0.15, 0.2) is 5.16 Å². The van der Waals surface area contributed by atoms with Gasteiger partial charge in [-0.05, 0) is 56.5 Å². The van der Waals surface area contributed by atoms with Crippen molar-refractivity contribution in [2.75, 3.05) is 49.1 Å². The van der Waals surface area contributed by atoms with Crippen LogP contribution < -0.4 is 15.1 Å². The third kappa shape index (κ3) is 6.42. The predicted molar refractivity (Wildman–Crippen MR) is 155 cm³/mol. The summed E-state index contributed by atoms with van der Waals surface area (Å²) in [4.78, 5) is 27.0. The largest absolute Gasteiger partial charge is 0.376 e. The van der Waals surface area contributed by atoms with E-state index in [9.17, 15) is 4.79 Å². The molecule has 2 aromatic carbocycles. The molecule has 0 spiro atoms. The van der Waals surface area contributed by atoms with Crippen molar-refractivity contribution in [1.29, 1.82) is 0 Å². The van der Waals surface area contributed by atoms with Gasteiger partial charge in [-0.3, -0.25) is 4.79 Å². The fourth-order valence-electron chi connectivity index (χ4n) is 4.89. The lowest BCUT2D eigenvalue weighted by Gasteiger charge is -2.37. The molecule has 2 fully saturated rings. The Bertz CT molecular complexity index is 1280. The molecule has 1 atom stereocenters. The first-order valence-electron chi connectivity index (χ1n) is 13.2. The predicted octanol–water partition coefficient (Wildman–Crippen LogP) is 5.27. The summed E-state index contributed by atoms with van der Waals surface area (Å²) in [7, 11) is 0. The van der Waals surface area contributed by atoms with Gasteiger partial charge in [0, 0.05) is 61.9 Å². The minimum absolute atomic E-state index is 0.0620. The van der Waals surface area contributed by atoms with Gasteiger partial charge in [0.2, 0.25) is 0 Å². The minimum atomic E-state index is -0.0620. The fourth-order valence-corrected chi connectivity index (χ4v) is 5.98. The zero-order chi connectivity index (χ0) is 26.5. The van der Waals surface area contributed by atoms with Crippen LogP contribution in [0.15, 0.2) is 53.7 Å². The summed E-state index contributed by atoms with van der Waals surface area (Å²) in [6.07, 6.45) is 2.20. The van der Waals surface area contributed by atoms with Crippen LogP contribution in [-0.2, 0) is 10.5 Å². The monoisotopic (exact) mass is 551 g/mol. The molecule has 0 saturated carbocycles. The Hall–Kier alpha value is -2.81. The highest BCUT2D eigenvalue weighted by molar-refractivity contribution is 7.98. The quantitative estimate of drug-likeness (QED) is 0.302. The van der Waals surface area contributed by atoms with E-state index in [0.717, 1.165) is 84.1 Å². The number of benzene rings is 2. The zero-order valence-electron chi connectivity index (χ0n) is 22.0. The van der Waals surface area contributed by atoms with E-state index in [-0.39, 0.29) is 12.0 Å². The number of rotatable bonds is 8. The second kappa shape index (κ2) is 12.4. The zero-order valence-corrected chi connectivity index (χ0v) is 23.5. The van der Waals surface area contributed by atoms with Gasteiger partial charge in [-0.1, -0.05) is 47.6 Å². The minimum Gasteiger partial charge on any atom is -0.376 e. The molecule has 2 saturated heterocycles. The van der Waals surface area contributed by atoms with Gasteiger partial charge >= 0.3 is 0 Å². The summed E-state index contributed by atoms with van der Waals surface area (Å²) >= 11 is 8.03.